The maximum atomic E-state index is 10.00. The molecule has 84 valence electrons. The van der Waals surface area contributed by atoms with Crippen LogP contribution in [0.15, 0.2) is 0 Å². The zero-order chi connectivity index (χ0) is 11.3. The van der Waals surface area contributed by atoms with Crippen molar-refractivity contribution in [3.8, 4) is 0 Å². The molecule has 0 aliphatic carbocycles. The minimum atomic E-state index is -1.92. The number of aliphatic hydroxyl groups is 6. The van der Waals surface area contributed by atoms with Crippen molar-refractivity contribution in [2.75, 3.05) is 6.61 Å². The lowest BCUT2D eigenvalue weighted by atomic mass is 10.0. The molecule has 0 rings (SSSR count). The standard InChI is InChI=1S/C7H14O7/c8-1-3(10)5(12)7(14)6(13)4(11)2-9/h1,3-7,9-14H,2H2/t3-,4-,5+,6+,7+/m0/s1. The highest BCUT2D eigenvalue weighted by atomic mass is 16.4. The average molecular weight is 210 g/mol. The number of aliphatic hydroxyl groups excluding tert-OH is 6. The summed E-state index contributed by atoms with van der Waals surface area (Å²) < 4.78 is 0. The van der Waals surface area contributed by atoms with Crippen LogP contribution in [0.5, 0.6) is 0 Å². The first-order valence-electron chi connectivity index (χ1n) is 3.92. The molecule has 0 aliphatic heterocycles. The number of carbonyl (C=O) groups is 1. The summed E-state index contributed by atoms with van der Waals surface area (Å²) in [4.78, 5) is 10.00. The summed E-state index contributed by atoms with van der Waals surface area (Å²) in [5.74, 6) is 0. The summed E-state index contributed by atoms with van der Waals surface area (Å²) in [6.07, 6.45) is -9.21. The molecule has 0 radical (unpaired) electrons. The van der Waals surface area contributed by atoms with Crippen LogP contribution in [0.4, 0.5) is 0 Å². The Bertz CT molecular complexity index is 173. The van der Waals surface area contributed by atoms with Gasteiger partial charge in [-0.15, -0.1) is 0 Å². The van der Waals surface area contributed by atoms with Crippen molar-refractivity contribution in [2.45, 2.75) is 30.5 Å². The third-order valence-electron chi connectivity index (χ3n) is 1.77. The molecule has 0 unspecified atom stereocenters. The Kier molecular flexibility index (Phi) is 5.77. The first-order chi connectivity index (χ1) is 6.45. The Hall–Kier alpha value is -0.570. The molecule has 0 bridgehead atoms. The first kappa shape index (κ1) is 13.4. The molecule has 0 fully saturated rings. The highest BCUT2D eigenvalue weighted by molar-refractivity contribution is 5.56. The monoisotopic (exact) mass is 210 g/mol. The third kappa shape index (κ3) is 3.29. The van der Waals surface area contributed by atoms with Gasteiger partial charge in [0.1, 0.15) is 30.5 Å². The van der Waals surface area contributed by atoms with E-state index in [2.05, 4.69) is 0 Å². The molecule has 0 aliphatic rings. The lowest BCUT2D eigenvalue weighted by Gasteiger charge is -2.26. The van der Waals surface area contributed by atoms with Gasteiger partial charge in [-0.05, 0) is 0 Å². The minimum absolute atomic E-state index is 0.0219. The van der Waals surface area contributed by atoms with E-state index in [0.717, 1.165) is 0 Å². The molecule has 14 heavy (non-hydrogen) atoms. The largest absolute Gasteiger partial charge is 0.394 e. The molecule has 7 heteroatoms. The van der Waals surface area contributed by atoms with Gasteiger partial charge in [0.05, 0.1) is 6.61 Å². The highest BCUT2D eigenvalue weighted by Gasteiger charge is 2.33. The van der Waals surface area contributed by atoms with E-state index >= 15 is 0 Å². The molecule has 0 amide bonds. The minimum Gasteiger partial charge on any atom is -0.394 e. The lowest BCUT2D eigenvalue weighted by Crippen LogP contribution is -2.50. The Morgan fingerprint density at radius 3 is 1.79 bits per heavy atom. The van der Waals surface area contributed by atoms with Gasteiger partial charge in [0.25, 0.3) is 0 Å². The van der Waals surface area contributed by atoms with E-state index in [1.54, 1.807) is 0 Å². The van der Waals surface area contributed by atoms with Gasteiger partial charge in [-0.3, -0.25) is 0 Å². The van der Waals surface area contributed by atoms with E-state index in [9.17, 15) is 4.79 Å². The van der Waals surface area contributed by atoms with Crippen LogP contribution in [0.1, 0.15) is 0 Å². The maximum absolute atomic E-state index is 10.00. The smallest absolute Gasteiger partial charge is 0.151 e. The van der Waals surface area contributed by atoms with Crippen LogP contribution >= 0.6 is 0 Å². The topological polar surface area (TPSA) is 138 Å². The molecular weight excluding hydrogens is 196 g/mol. The molecule has 0 heterocycles. The van der Waals surface area contributed by atoms with Crippen molar-refractivity contribution < 1.29 is 35.4 Å². The third-order valence-corrected chi connectivity index (χ3v) is 1.77. The Morgan fingerprint density at radius 1 is 0.929 bits per heavy atom. The van der Waals surface area contributed by atoms with E-state index < -0.39 is 37.1 Å². The zero-order valence-electron chi connectivity index (χ0n) is 7.26. The number of rotatable bonds is 6. The second-order valence-electron chi connectivity index (χ2n) is 2.85. The lowest BCUT2D eigenvalue weighted by molar-refractivity contribution is -0.147. The van der Waals surface area contributed by atoms with Gasteiger partial charge in [-0.2, -0.15) is 0 Å². The molecule has 0 saturated heterocycles. The van der Waals surface area contributed by atoms with Crippen molar-refractivity contribution in [2.24, 2.45) is 0 Å². The van der Waals surface area contributed by atoms with Gasteiger partial charge in [0.15, 0.2) is 6.29 Å². The molecular formula is C7H14O7. The van der Waals surface area contributed by atoms with Crippen LogP contribution in [0.2, 0.25) is 0 Å². The fourth-order valence-electron chi connectivity index (χ4n) is 0.820. The number of aldehydes is 1. The number of carbonyl (C=O) groups excluding carboxylic acids is 1. The van der Waals surface area contributed by atoms with Crippen molar-refractivity contribution in [1.29, 1.82) is 0 Å². The molecule has 0 aromatic carbocycles. The number of hydrogen-bond donors (Lipinski definition) is 6. The SMILES string of the molecule is O=C[C@H](O)[C@@H](O)[C@@H](O)[C@H](O)[C@@H](O)CO. The van der Waals surface area contributed by atoms with E-state index in [1.165, 1.54) is 0 Å². The molecule has 7 nitrogen and oxygen atoms in total. The molecule has 5 atom stereocenters. The zero-order valence-corrected chi connectivity index (χ0v) is 7.26. The fourth-order valence-corrected chi connectivity index (χ4v) is 0.820. The second kappa shape index (κ2) is 6.02. The van der Waals surface area contributed by atoms with Crippen molar-refractivity contribution in [3.63, 3.8) is 0 Å². The highest BCUT2D eigenvalue weighted by Crippen LogP contribution is 2.07. The second-order valence-corrected chi connectivity index (χ2v) is 2.85. The Morgan fingerprint density at radius 2 is 1.43 bits per heavy atom. The van der Waals surface area contributed by atoms with E-state index in [4.69, 9.17) is 30.6 Å². The van der Waals surface area contributed by atoms with Crippen LogP contribution in [-0.2, 0) is 4.79 Å². The molecule has 0 aromatic rings. The Balaban J connectivity index is 4.29. The van der Waals surface area contributed by atoms with Crippen LogP contribution in [-0.4, -0.2) is 74.1 Å². The van der Waals surface area contributed by atoms with Gasteiger partial charge in [0, 0.05) is 0 Å². The van der Waals surface area contributed by atoms with E-state index in [1.807, 2.05) is 0 Å². The summed E-state index contributed by atoms with van der Waals surface area (Å²) in [5, 5.41) is 53.2. The molecule has 0 aromatic heterocycles. The molecule has 6 N–H and O–H groups in total. The normalized spacial score (nSPS) is 22.1. The van der Waals surface area contributed by atoms with Crippen LogP contribution < -0.4 is 0 Å². The predicted octanol–water partition coefficient (Wildman–Crippen LogP) is -4.02. The maximum Gasteiger partial charge on any atom is 0.151 e. The van der Waals surface area contributed by atoms with Gasteiger partial charge >= 0.3 is 0 Å². The summed E-state index contributed by atoms with van der Waals surface area (Å²) in [5.41, 5.74) is 0. The van der Waals surface area contributed by atoms with E-state index in [-0.39, 0.29) is 6.29 Å². The molecule has 0 spiro atoms. The van der Waals surface area contributed by atoms with Crippen LogP contribution in [0.25, 0.3) is 0 Å². The molecule has 0 saturated carbocycles. The van der Waals surface area contributed by atoms with Crippen LogP contribution in [0, 0.1) is 0 Å². The summed E-state index contributed by atoms with van der Waals surface area (Å²) >= 11 is 0. The van der Waals surface area contributed by atoms with Gasteiger partial charge < -0.3 is 35.4 Å². The Labute approximate surface area is 79.9 Å². The van der Waals surface area contributed by atoms with Crippen molar-refractivity contribution >= 4 is 6.29 Å². The van der Waals surface area contributed by atoms with Gasteiger partial charge in [0.2, 0.25) is 0 Å². The van der Waals surface area contributed by atoms with Gasteiger partial charge in [-0.25, -0.2) is 0 Å². The average Bonchev–Trinajstić information content (AvgIpc) is 2.23. The summed E-state index contributed by atoms with van der Waals surface area (Å²) in [6.45, 7) is -0.817. The first-order valence-corrected chi connectivity index (χ1v) is 3.92. The van der Waals surface area contributed by atoms with Crippen molar-refractivity contribution in [1.82, 2.24) is 0 Å². The van der Waals surface area contributed by atoms with Gasteiger partial charge in [-0.1, -0.05) is 0 Å². The fraction of sp³-hybridized carbons (Fsp3) is 0.857. The van der Waals surface area contributed by atoms with Crippen molar-refractivity contribution in [3.05, 3.63) is 0 Å². The quantitative estimate of drug-likeness (QED) is 0.245. The predicted molar refractivity (Wildman–Crippen MR) is 43.2 cm³/mol. The van der Waals surface area contributed by atoms with Crippen LogP contribution in [0.3, 0.4) is 0 Å². The van der Waals surface area contributed by atoms with E-state index in [0.29, 0.717) is 0 Å². The number of hydrogen-bond acceptors (Lipinski definition) is 7. The summed E-state index contributed by atoms with van der Waals surface area (Å²) in [7, 11) is 0. The summed E-state index contributed by atoms with van der Waals surface area (Å²) in [6, 6.07) is 0.